The lowest BCUT2D eigenvalue weighted by atomic mass is 10.00. The number of halogens is 3. The number of aryl methyl sites for hydroxylation is 2. The number of benzene rings is 3. The van der Waals surface area contributed by atoms with Crippen LogP contribution in [-0.4, -0.2) is 27.4 Å². The van der Waals surface area contributed by atoms with Gasteiger partial charge in [-0.05, 0) is 72.5 Å². The number of amides is 1. The lowest BCUT2D eigenvalue weighted by Gasteiger charge is -2.10. The van der Waals surface area contributed by atoms with Crippen molar-refractivity contribution in [2.75, 3.05) is 5.75 Å². The van der Waals surface area contributed by atoms with Gasteiger partial charge in [-0.15, -0.1) is 0 Å². The van der Waals surface area contributed by atoms with Crippen LogP contribution in [0, 0.1) is 13.8 Å². The molecule has 4 aromatic rings. The Morgan fingerprint density at radius 3 is 2.51 bits per heavy atom. The first-order chi connectivity index (χ1) is 16.8. The van der Waals surface area contributed by atoms with Gasteiger partial charge in [0.2, 0.25) is 0 Å². The molecule has 3 aromatic carbocycles. The molecule has 180 valence electrons. The Hall–Kier alpha value is -3.23. The Balaban J connectivity index is 1.43. The van der Waals surface area contributed by atoms with Crippen LogP contribution in [0.3, 0.4) is 0 Å². The van der Waals surface area contributed by atoms with Gasteiger partial charge in [-0.25, -0.2) is 19.2 Å². The summed E-state index contributed by atoms with van der Waals surface area (Å²) in [5.74, 6) is -0.182. The molecule has 4 rings (SSSR count). The van der Waals surface area contributed by atoms with Crippen molar-refractivity contribution in [2.45, 2.75) is 32.0 Å². The first-order valence-electron chi connectivity index (χ1n) is 10.9. The number of nitrogens with zero attached hydrogens (tertiary/aromatic N) is 3. The largest absolute Gasteiger partial charge is 0.314 e. The topological polar surface area (TPSA) is 59.3 Å². The van der Waals surface area contributed by atoms with Crippen LogP contribution in [0.25, 0.3) is 11.0 Å². The van der Waals surface area contributed by atoms with E-state index in [2.05, 4.69) is 20.1 Å². The monoisotopic (exact) mass is 512 g/mol. The van der Waals surface area contributed by atoms with E-state index >= 15 is 0 Å². The first kappa shape index (κ1) is 24.9. The Morgan fingerprint density at radius 1 is 1.14 bits per heavy atom. The molecule has 1 aromatic heterocycles. The molecule has 9 heteroatoms. The van der Waals surface area contributed by atoms with E-state index in [-0.39, 0.29) is 17.2 Å². The highest BCUT2D eigenvalue weighted by molar-refractivity contribution is 7.99. The maximum atomic E-state index is 13.1. The lowest BCUT2D eigenvalue weighted by molar-refractivity contribution is -0.118. The predicted molar refractivity (Wildman–Crippen MR) is 138 cm³/mol. The first-order valence-corrected chi connectivity index (χ1v) is 12.2. The molecule has 0 fully saturated rings. The van der Waals surface area contributed by atoms with Gasteiger partial charge in [-0.2, -0.15) is 5.10 Å². The van der Waals surface area contributed by atoms with E-state index in [4.69, 9.17) is 11.6 Å². The van der Waals surface area contributed by atoms with Crippen molar-refractivity contribution in [3.05, 3.63) is 93.5 Å². The average molecular weight is 513 g/mol. The van der Waals surface area contributed by atoms with Crippen LogP contribution < -0.4 is 5.43 Å². The van der Waals surface area contributed by atoms with Gasteiger partial charge in [0.05, 0.1) is 29.5 Å². The fourth-order valence-electron chi connectivity index (χ4n) is 3.86. The Kier molecular flexibility index (Phi) is 7.83. The Labute approximate surface area is 211 Å². The van der Waals surface area contributed by atoms with Crippen molar-refractivity contribution in [2.24, 2.45) is 5.10 Å². The molecule has 35 heavy (non-hydrogen) atoms. The molecule has 1 amide bonds. The summed E-state index contributed by atoms with van der Waals surface area (Å²) in [5.41, 5.74) is 7.03. The van der Waals surface area contributed by atoms with Crippen LogP contribution in [0.4, 0.5) is 8.78 Å². The second kappa shape index (κ2) is 11.0. The van der Waals surface area contributed by atoms with Crippen LogP contribution in [0.15, 0.2) is 70.9 Å². The van der Waals surface area contributed by atoms with Crippen LogP contribution >= 0.6 is 23.4 Å². The minimum atomic E-state index is -2.53. The summed E-state index contributed by atoms with van der Waals surface area (Å²) in [7, 11) is 0. The van der Waals surface area contributed by atoms with Gasteiger partial charge in [-0.1, -0.05) is 47.6 Å². The molecule has 0 atom stereocenters. The molecule has 0 spiro atoms. The summed E-state index contributed by atoms with van der Waals surface area (Å²) in [6, 6.07) is 18.7. The molecule has 0 aliphatic rings. The van der Waals surface area contributed by atoms with Crippen molar-refractivity contribution in [1.82, 2.24) is 15.0 Å². The van der Waals surface area contributed by atoms with Crippen molar-refractivity contribution in [3.8, 4) is 0 Å². The molecule has 1 N–H and O–H groups in total. The standard InChI is InChI=1S/C26H23ClF2N4OS/c1-16-11-19(12-17(2)24(16)25(28)29)13-30-32-23(34)15-35-26-31-21-5-3-4-6-22(21)33(26)14-18-7-9-20(27)10-8-18/h3-13,25H,14-15H2,1-2H3,(H,32,34)/b30-13+. The van der Waals surface area contributed by atoms with E-state index in [0.29, 0.717) is 33.4 Å². The SMILES string of the molecule is Cc1cc(/C=N/NC(=O)CSc2nc3ccccc3n2Cc2ccc(Cl)cc2)cc(C)c1C(F)F. The van der Waals surface area contributed by atoms with E-state index in [9.17, 15) is 13.6 Å². The minimum absolute atomic E-state index is 0.0316. The molecule has 1 heterocycles. The quantitative estimate of drug-likeness (QED) is 0.166. The summed E-state index contributed by atoms with van der Waals surface area (Å²) in [6.45, 7) is 3.86. The molecular weight excluding hydrogens is 490 g/mol. The predicted octanol–water partition coefficient (Wildman–Crippen LogP) is 6.53. The lowest BCUT2D eigenvalue weighted by Crippen LogP contribution is -2.20. The van der Waals surface area contributed by atoms with Crippen molar-refractivity contribution in [1.29, 1.82) is 0 Å². The van der Waals surface area contributed by atoms with E-state index in [1.165, 1.54) is 18.0 Å². The van der Waals surface area contributed by atoms with E-state index < -0.39 is 6.43 Å². The second-order valence-corrected chi connectivity index (χ2v) is 9.43. The summed E-state index contributed by atoms with van der Waals surface area (Å²) in [6.07, 6.45) is -1.07. The number of fused-ring (bicyclic) bond motifs is 1. The number of rotatable bonds is 8. The zero-order valence-electron chi connectivity index (χ0n) is 19.1. The van der Waals surface area contributed by atoms with Crippen molar-refractivity contribution in [3.63, 3.8) is 0 Å². The number of para-hydroxylation sites is 2. The number of hydrogen-bond acceptors (Lipinski definition) is 4. The summed E-state index contributed by atoms with van der Waals surface area (Å²) in [5, 5.41) is 5.38. The van der Waals surface area contributed by atoms with Gasteiger partial charge in [0.1, 0.15) is 0 Å². The van der Waals surface area contributed by atoms with Gasteiger partial charge in [0.25, 0.3) is 12.3 Å². The Bertz CT molecular complexity index is 1360. The van der Waals surface area contributed by atoms with E-state index in [0.717, 1.165) is 16.6 Å². The summed E-state index contributed by atoms with van der Waals surface area (Å²) < 4.78 is 28.3. The minimum Gasteiger partial charge on any atom is -0.314 e. The number of hydrazone groups is 1. The fraction of sp³-hybridized carbons (Fsp3) is 0.192. The van der Waals surface area contributed by atoms with Gasteiger partial charge in [-0.3, -0.25) is 4.79 Å². The summed E-state index contributed by atoms with van der Waals surface area (Å²) in [4.78, 5) is 17.1. The zero-order chi connectivity index (χ0) is 24.9. The number of aromatic nitrogens is 2. The fourth-order valence-corrected chi connectivity index (χ4v) is 4.79. The van der Waals surface area contributed by atoms with Crippen LogP contribution in [-0.2, 0) is 11.3 Å². The van der Waals surface area contributed by atoms with Crippen LogP contribution in [0.2, 0.25) is 5.02 Å². The van der Waals surface area contributed by atoms with Gasteiger partial charge in [0.15, 0.2) is 5.16 Å². The molecule has 0 saturated heterocycles. The number of carbonyl (C=O) groups excluding carboxylic acids is 1. The molecule has 0 saturated carbocycles. The highest BCUT2D eigenvalue weighted by atomic mass is 35.5. The maximum absolute atomic E-state index is 13.1. The highest BCUT2D eigenvalue weighted by Gasteiger charge is 2.15. The number of imidazole rings is 1. The molecule has 0 aliphatic heterocycles. The van der Waals surface area contributed by atoms with Crippen molar-refractivity contribution >= 4 is 46.5 Å². The van der Waals surface area contributed by atoms with E-state index in [1.54, 1.807) is 26.0 Å². The average Bonchev–Trinajstić information content (AvgIpc) is 3.16. The van der Waals surface area contributed by atoms with Crippen molar-refractivity contribution < 1.29 is 13.6 Å². The molecule has 5 nitrogen and oxygen atoms in total. The normalized spacial score (nSPS) is 11.6. The maximum Gasteiger partial charge on any atom is 0.264 e. The molecular formula is C26H23ClF2N4OS. The summed E-state index contributed by atoms with van der Waals surface area (Å²) >= 11 is 7.33. The third kappa shape index (κ3) is 6.07. The van der Waals surface area contributed by atoms with Crippen LogP contribution in [0.5, 0.6) is 0 Å². The van der Waals surface area contributed by atoms with Gasteiger partial charge < -0.3 is 4.57 Å². The second-order valence-electron chi connectivity index (χ2n) is 8.05. The number of alkyl halides is 2. The van der Waals surface area contributed by atoms with Crippen LogP contribution in [0.1, 0.15) is 34.2 Å². The zero-order valence-corrected chi connectivity index (χ0v) is 20.7. The number of carbonyl (C=O) groups is 1. The van der Waals surface area contributed by atoms with Gasteiger partial charge in [0, 0.05) is 10.6 Å². The number of nitrogens with one attached hydrogen (secondary N) is 1. The number of hydrogen-bond donors (Lipinski definition) is 1. The van der Waals surface area contributed by atoms with E-state index in [1.807, 2.05) is 48.5 Å². The number of thioether (sulfide) groups is 1. The van der Waals surface area contributed by atoms with Gasteiger partial charge >= 0.3 is 0 Å². The smallest absolute Gasteiger partial charge is 0.264 e. The Morgan fingerprint density at radius 2 is 1.83 bits per heavy atom. The highest BCUT2D eigenvalue weighted by Crippen LogP contribution is 2.27. The third-order valence-corrected chi connectivity index (χ3v) is 6.67. The molecule has 0 unspecified atom stereocenters. The molecule has 0 bridgehead atoms. The molecule has 0 aliphatic carbocycles. The third-order valence-electron chi connectivity index (χ3n) is 5.44. The molecule has 0 radical (unpaired) electrons.